The fraction of sp³-hybridized carbons (Fsp3) is 0.611. The standard InChI is InChI=1S/C18H28O3/c1-4-5-8-12-18(2,3)16-10-6-7-11-17(16)21-14-9-13-20-15-19/h6-7,10-11,15H,4-5,8-9,12-14H2,1-3H3. The smallest absolute Gasteiger partial charge is 0.293 e. The molecule has 1 aromatic carbocycles. The number of carbonyl (C=O) groups is 1. The Morgan fingerprint density at radius 1 is 1.10 bits per heavy atom. The van der Waals surface area contributed by atoms with Crippen LogP contribution in [0.1, 0.15) is 58.4 Å². The van der Waals surface area contributed by atoms with E-state index in [1.165, 1.54) is 24.8 Å². The number of unbranched alkanes of at least 4 members (excludes halogenated alkanes) is 2. The minimum Gasteiger partial charge on any atom is -0.493 e. The van der Waals surface area contributed by atoms with Gasteiger partial charge in [-0.2, -0.15) is 0 Å². The van der Waals surface area contributed by atoms with E-state index < -0.39 is 0 Å². The fourth-order valence-corrected chi connectivity index (χ4v) is 2.48. The highest BCUT2D eigenvalue weighted by Gasteiger charge is 2.23. The van der Waals surface area contributed by atoms with Gasteiger partial charge in [0, 0.05) is 6.42 Å². The summed E-state index contributed by atoms with van der Waals surface area (Å²) in [4.78, 5) is 10.1. The summed E-state index contributed by atoms with van der Waals surface area (Å²) in [7, 11) is 0. The van der Waals surface area contributed by atoms with Crippen molar-refractivity contribution < 1.29 is 14.3 Å². The van der Waals surface area contributed by atoms with Crippen molar-refractivity contribution in [1.29, 1.82) is 0 Å². The second-order valence-corrected chi connectivity index (χ2v) is 6.01. The number of rotatable bonds is 11. The summed E-state index contributed by atoms with van der Waals surface area (Å²) in [5.41, 5.74) is 1.38. The molecule has 0 radical (unpaired) electrons. The highest BCUT2D eigenvalue weighted by molar-refractivity contribution is 5.39. The van der Waals surface area contributed by atoms with Gasteiger partial charge in [-0.1, -0.05) is 58.2 Å². The highest BCUT2D eigenvalue weighted by Crippen LogP contribution is 2.35. The van der Waals surface area contributed by atoms with Gasteiger partial charge in [0.05, 0.1) is 13.2 Å². The number of hydrogen-bond donors (Lipinski definition) is 0. The maximum atomic E-state index is 10.1. The van der Waals surface area contributed by atoms with Gasteiger partial charge in [0.25, 0.3) is 6.47 Å². The molecular weight excluding hydrogens is 264 g/mol. The minimum atomic E-state index is 0.116. The van der Waals surface area contributed by atoms with Gasteiger partial charge in [-0.3, -0.25) is 4.79 Å². The molecule has 0 unspecified atom stereocenters. The molecule has 0 aliphatic heterocycles. The molecule has 118 valence electrons. The minimum absolute atomic E-state index is 0.116. The number of hydrogen-bond acceptors (Lipinski definition) is 3. The topological polar surface area (TPSA) is 35.5 Å². The summed E-state index contributed by atoms with van der Waals surface area (Å²) in [6, 6.07) is 8.25. The van der Waals surface area contributed by atoms with Crippen LogP contribution in [0.4, 0.5) is 0 Å². The first-order valence-electron chi connectivity index (χ1n) is 7.89. The van der Waals surface area contributed by atoms with Crippen LogP contribution in [0.2, 0.25) is 0 Å². The lowest BCUT2D eigenvalue weighted by molar-refractivity contribution is -0.128. The number of para-hydroxylation sites is 1. The molecule has 0 saturated carbocycles. The molecule has 0 heterocycles. The SMILES string of the molecule is CCCCCC(C)(C)c1ccccc1OCCCOC=O. The summed E-state index contributed by atoms with van der Waals surface area (Å²) >= 11 is 0. The predicted molar refractivity (Wildman–Crippen MR) is 85.7 cm³/mol. The van der Waals surface area contributed by atoms with E-state index in [9.17, 15) is 4.79 Å². The largest absolute Gasteiger partial charge is 0.493 e. The Morgan fingerprint density at radius 3 is 2.57 bits per heavy atom. The van der Waals surface area contributed by atoms with E-state index in [4.69, 9.17) is 4.74 Å². The van der Waals surface area contributed by atoms with Crippen LogP contribution in [0.25, 0.3) is 0 Å². The Bertz CT molecular complexity index is 413. The number of benzene rings is 1. The van der Waals surface area contributed by atoms with Crippen molar-refractivity contribution in [3.63, 3.8) is 0 Å². The normalized spacial score (nSPS) is 11.2. The molecule has 0 aliphatic carbocycles. The Morgan fingerprint density at radius 2 is 1.86 bits per heavy atom. The van der Waals surface area contributed by atoms with E-state index in [0.29, 0.717) is 26.1 Å². The van der Waals surface area contributed by atoms with E-state index in [-0.39, 0.29) is 5.41 Å². The van der Waals surface area contributed by atoms with E-state index in [1.807, 2.05) is 12.1 Å². The average molecular weight is 292 g/mol. The van der Waals surface area contributed by atoms with Crippen LogP contribution in [-0.4, -0.2) is 19.7 Å². The van der Waals surface area contributed by atoms with Crippen LogP contribution in [0.5, 0.6) is 5.75 Å². The molecule has 21 heavy (non-hydrogen) atoms. The maximum absolute atomic E-state index is 10.1. The summed E-state index contributed by atoms with van der Waals surface area (Å²) < 4.78 is 10.6. The molecule has 1 rings (SSSR count). The molecule has 0 spiro atoms. The van der Waals surface area contributed by atoms with Gasteiger partial charge in [0.15, 0.2) is 0 Å². The Hall–Kier alpha value is -1.51. The Balaban J connectivity index is 2.62. The van der Waals surface area contributed by atoms with Crippen molar-refractivity contribution in [2.45, 2.75) is 58.3 Å². The van der Waals surface area contributed by atoms with Gasteiger partial charge < -0.3 is 9.47 Å². The van der Waals surface area contributed by atoms with Gasteiger partial charge in [0.2, 0.25) is 0 Å². The van der Waals surface area contributed by atoms with Crippen LogP contribution in [0.15, 0.2) is 24.3 Å². The predicted octanol–water partition coefficient (Wildman–Crippen LogP) is 4.49. The first-order chi connectivity index (χ1) is 10.1. The first-order valence-corrected chi connectivity index (χ1v) is 7.89. The summed E-state index contributed by atoms with van der Waals surface area (Å²) in [5.74, 6) is 0.949. The molecule has 0 saturated heterocycles. The summed E-state index contributed by atoms with van der Waals surface area (Å²) in [6.45, 7) is 8.23. The highest BCUT2D eigenvalue weighted by atomic mass is 16.5. The zero-order valence-corrected chi connectivity index (χ0v) is 13.6. The van der Waals surface area contributed by atoms with Crippen molar-refractivity contribution in [3.8, 4) is 5.75 Å². The molecule has 1 aromatic rings. The zero-order chi connectivity index (χ0) is 15.6. The number of ether oxygens (including phenoxy) is 2. The Kier molecular flexibility index (Phi) is 7.88. The van der Waals surface area contributed by atoms with Gasteiger partial charge in [0.1, 0.15) is 5.75 Å². The van der Waals surface area contributed by atoms with Crippen molar-refractivity contribution in [1.82, 2.24) is 0 Å². The third-order valence-electron chi connectivity index (χ3n) is 3.75. The molecule has 0 atom stereocenters. The lowest BCUT2D eigenvalue weighted by atomic mass is 9.79. The third kappa shape index (κ3) is 6.19. The third-order valence-corrected chi connectivity index (χ3v) is 3.75. The second kappa shape index (κ2) is 9.43. The van der Waals surface area contributed by atoms with Crippen molar-refractivity contribution >= 4 is 6.47 Å². The zero-order valence-electron chi connectivity index (χ0n) is 13.6. The molecule has 0 fully saturated rings. The molecule has 3 nitrogen and oxygen atoms in total. The molecule has 3 heteroatoms. The van der Waals surface area contributed by atoms with Crippen LogP contribution in [0, 0.1) is 0 Å². The van der Waals surface area contributed by atoms with Gasteiger partial charge in [-0.25, -0.2) is 0 Å². The van der Waals surface area contributed by atoms with Gasteiger partial charge in [-0.05, 0) is 23.5 Å². The monoisotopic (exact) mass is 292 g/mol. The summed E-state index contributed by atoms with van der Waals surface area (Å²) in [5, 5.41) is 0. The fourth-order valence-electron chi connectivity index (χ4n) is 2.48. The quantitative estimate of drug-likeness (QED) is 0.445. The lowest BCUT2D eigenvalue weighted by Gasteiger charge is -2.27. The van der Waals surface area contributed by atoms with Gasteiger partial charge >= 0.3 is 0 Å². The van der Waals surface area contributed by atoms with Gasteiger partial charge in [-0.15, -0.1) is 0 Å². The van der Waals surface area contributed by atoms with Crippen LogP contribution >= 0.6 is 0 Å². The van der Waals surface area contributed by atoms with Crippen LogP contribution in [0.3, 0.4) is 0 Å². The van der Waals surface area contributed by atoms with Crippen molar-refractivity contribution in [3.05, 3.63) is 29.8 Å². The summed E-state index contributed by atoms with van der Waals surface area (Å²) in [6.07, 6.45) is 5.63. The molecule has 0 bridgehead atoms. The van der Waals surface area contributed by atoms with Crippen LogP contribution in [-0.2, 0) is 14.9 Å². The molecule has 0 aliphatic rings. The average Bonchev–Trinajstić information content (AvgIpc) is 2.47. The lowest BCUT2D eigenvalue weighted by Crippen LogP contribution is -2.19. The molecule has 0 N–H and O–H groups in total. The molecule has 0 amide bonds. The van der Waals surface area contributed by atoms with E-state index in [1.54, 1.807) is 0 Å². The van der Waals surface area contributed by atoms with E-state index in [0.717, 1.165) is 12.2 Å². The maximum Gasteiger partial charge on any atom is 0.293 e. The van der Waals surface area contributed by atoms with E-state index >= 15 is 0 Å². The number of carbonyl (C=O) groups excluding carboxylic acids is 1. The van der Waals surface area contributed by atoms with Crippen LogP contribution < -0.4 is 4.74 Å². The Labute approximate surface area is 128 Å². The first kappa shape index (κ1) is 17.5. The van der Waals surface area contributed by atoms with E-state index in [2.05, 4.69) is 37.6 Å². The molecule has 0 aromatic heterocycles. The molecular formula is C18H28O3. The second-order valence-electron chi connectivity index (χ2n) is 6.01. The van der Waals surface area contributed by atoms with Crippen molar-refractivity contribution in [2.75, 3.05) is 13.2 Å². The van der Waals surface area contributed by atoms with Crippen molar-refractivity contribution in [2.24, 2.45) is 0 Å².